The molecule has 3 aromatic rings. The van der Waals surface area contributed by atoms with Crippen LogP contribution in [0.5, 0.6) is 40.2 Å². The number of hydrogen-bond donors (Lipinski definition) is 2. The van der Waals surface area contributed by atoms with Gasteiger partial charge in [0.05, 0.1) is 37.6 Å². The number of nitrogens with zero attached hydrogens (tertiary/aromatic N) is 3. The van der Waals surface area contributed by atoms with E-state index in [1.165, 1.54) is 18.9 Å². The van der Waals surface area contributed by atoms with Crippen molar-refractivity contribution in [1.82, 2.24) is 15.1 Å². The predicted octanol–water partition coefficient (Wildman–Crippen LogP) is 5.77. The topological polar surface area (TPSA) is 178 Å². The largest absolute Gasteiger partial charge is 0.504 e. The summed E-state index contributed by atoms with van der Waals surface area (Å²) >= 11 is 1.49. The molecule has 3 aromatic carbocycles. The third-order valence-corrected chi connectivity index (χ3v) is 15.0. The molecule has 7 aliphatic heterocycles. The fraction of sp³-hybridized carbons (Fsp3) is 0.522. The third-order valence-electron chi connectivity index (χ3n) is 13.5. The zero-order valence-corrected chi connectivity index (χ0v) is 36.9. The standard InChI is InChI=1S/C46H52N4O11S/c1-8-10-32(52)60-40-23(4)41-42(59-21-58-41)35-29-19-57-45(54)46(26-17-31(55-6)30(51)16-24(26)12-13-48-46)20-62-44(36(35)40)38-37-34-25(15-27(49(37)5)28(18-47)50(29)38)14-22(3)39(56-7)43(34)61-33(53)11-9-2/h14,16-17,27-29,37-38,44,48,51H,8-13,15,19-21H2,1-7H3/t27-,28-,29-,37+,38?,44+,46+/m0/s1. The van der Waals surface area contributed by atoms with Crippen LogP contribution in [0.3, 0.4) is 0 Å². The van der Waals surface area contributed by atoms with Gasteiger partial charge >= 0.3 is 17.9 Å². The van der Waals surface area contributed by atoms with Crippen LogP contribution in [0.25, 0.3) is 0 Å². The zero-order chi connectivity index (χ0) is 43.8. The number of thioether (sulfide) groups is 1. The van der Waals surface area contributed by atoms with Gasteiger partial charge in [-0.3, -0.25) is 24.7 Å². The summed E-state index contributed by atoms with van der Waals surface area (Å²) in [5.74, 6) is 1.05. The van der Waals surface area contributed by atoms with Gasteiger partial charge in [0.2, 0.25) is 6.79 Å². The third kappa shape index (κ3) is 6.29. The van der Waals surface area contributed by atoms with Crippen molar-refractivity contribution < 1.29 is 52.6 Å². The molecule has 7 heterocycles. The number of likely N-dealkylation sites (N-methyl/N-ethyl adjacent to an activating group) is 1. The van der Waals surface area contributed by atoms with E-state index in [-0.39, 0.29) is 55.5 Å². The molecule has 2 saturated heterocycles. The van der Waals surface area contributed by atoms with Crippen LogP contribution in [-0.4, -0.2) is 97.9 Å². The van der Waals surface area contributed by atoms with Crippen molar-refractivity contribution in [3.63, 3.8) is 0 Å². The van der Waals surface area contributed by atoms with E-state index in [9.17, 15) is 24.8 Å². The summed E-state index contributed by atoms with van der Waals surface area (Å²) in [7, 11) is 5.04. The minimum absolute atomic E-state index is 0.0303. The maximum absolute atomic E-state index is 15.0. The highest BCUT2D eigenvalue weighted by molar-refractivity contribution is 7.99. The lowest BCUT2D eigenvalue weighted by molar-refractivity contribution is -0.157. The summed E-state index contributed by atoms with van der Waals surface area (Å²) in [5.41, 5.74) is 4.48. The first kappa shape index (κ1) is 42.1. The first-order valence-corrected chi connectivity index (χ1v) is 22.4. The molecule has 1 unspecified atom stereocenters. The summed E-state index contributed by atoms with van der Waals surface area (Å²) < 4.78 is 43.3. The monoisotopic (exact) mass is 868 g/mol. The highest BCUT2D eigenvalue weighted by Gasteiger charge is 2.62. The fourth-order valence-electron chi connectivity index (χ4n) is 10.9. The summed E-state index contributed by atoms with van der Waals surface area (Å²) in [6.07, 6.45) is 2.56. The van der Waals surface area contributed by atoms with Crippen molar-refractivity contribution in [3.8, 4) is 46.3 Å². The number of piperazine rings is 1. The Balaban J connectivity index is 1.34. The number of ether oxygens (including phenoxy) is 7. The van der Waals surface area contributed by atoms with Gasteiger partial charge in [0.25, 0.3) is 0 Å². The van der Waals surface area contributed by atoms with Gasteiger partial charge in [0.15, 0.2) is 40.0 Å². The van der Waals surface area contributed by atoms with Crippen molar-refractivity contribution in [2.24, 2.45) is 0 Å². The van der Waals surface area contributed by atoms with Crippen molar-refractivity contribution in [1.29, 1.82) is 5.26 Å². The van der Waals surface area contributed by atoms with Crippen molar-refractivity contribution in [3.05, 3.63) is 62.7 Å². The minimum atomic E-state index is -1.39. The van der Waals surface area contributed by atoms with Gasteiger partial charge in [0.1, 0.15) is 18.4 Å². The normalized spacial score (nSPS) is 26.9. The molecule has 1 spiro atoms. The number of carbonyl (C=O) groups is 3. The number of phenolic OH excluding ortho intramolecular Hbond substituents is 1. The van der Waals surface area contributed by atoms with E-state index in [4.69, 9.17) is 33.2 Å². The molecule has 10 rings (SSSR count). The molecule has 16 heteroatoms. The summed E-state index contributed by atoms with van der Waals surface area (Å²) in [4.78, 5) is 46.5. The number of nitriles is 1. The molecule has 7 atom stereocenters. The zero-order valence-electron chi connectivity index (χ0n) is 36.0. The maximum atomic E-state index is 15.0. The van der Waals surface area contributed by atoms with E-state index in [0.29, 0.717) is 83.2 Å². The molecule has 15 nitrogen and oxygen atoms in total. The second kappa shape index (κ2) is 16.2. The van der Waals surface area contributed by atoms with E-state index < -0.39 is 46.9 Å². The van der Waals surface area contributed by atoms with E-state index in [1.54, 1.807) is 19.2 Å². The van der Waals surface area contributed by atoms with E-state index in [1.807, 2.05) is 34.7 Å². The molecule has 0 aliphatic carbocycles. The van der Waals surface area contributed by atoms with E-state index in [0.717, 1.165) is 22.3 Å². The van der Waals surface area contributed by atoms with Crippen LogP contribution in [-0.2, 0) is 37.5 Å². The minimum Gasteiger partial charge on any atom is -0.504 e. The Morgan fingerprint density at radius 3 is 2.39 bits per heavy atom. The molecule has 2 fully saturated rings. The number of aryl methyl sites for hydroxylation is 1. The summed E-state index contributed by atoms with van der Waals surface area (Å²) in [5, 5.41) is 25.1. The summed E-state index contributed by atoms with van der Waals surface area (Å²) in [6.45, 7) is 7.77. The second-order valence-corrected chi connectivity index (χ2v) is 18.1. The van der Waals surface area contributed by atoms with Gasteiger partial charge in [-0.15, -0.1) is 11.8 Å². The molecule has 0 radical (unpaired) electrons. The average molecular weight is 869 g/mol. The quantitative estimate of drug-likeness (QED) is 0.206. The van der Waals surface area contributed by atoms with E-state index >= 15 is 0 Å². The van der Waals surface area contributed by atoms with Crippen LogP contribution in [0, 0.1) is 25.2 Å². The number of nitrogens with one attached hydrogen (secondary N) is 1. The van der Waals surface area contributed by atoms with Gasteiger partial charge in [0, 0.05) is 59.5 Å². The number of phenols is 1. The molecule has 328 valence electrons. The summed E-state index contributed by atoms with van der Waals surface area (Å²) in [6, 6.07) is 5.18. The first-order valence-electron chi connectivity index (χ1n) is 21.3. The molecule has 0 saturated carbocycles. The van der Waals surface area contributed by atoms with Gasteiger partial charge in [-0.25, -0.2) is 4.79 Å². The molecular weight excluding hydrogens is 817 g/mol. The number of aromatic hydroxyl groups is 1. The van der Waals surface area contributed by atoms with Gasteiger partial charge < -0.3 is 38.3 Å². The first-order chi connectivity index (χ1) is 29.9. The van der Waals surface area contributed by atoms with Gasteiger partial charge in [-0.2, -0.15) is 5.26 Å². The number of esters is 3. The number of carbonyl (C=O) groups excluding carboxylic acids is 3. The molecular formula is C46H52N4O11S. The number of hydrogen-bond acceptors (Lipinski definition) is 16. The Morgan fingerprint density at radius 2 is 1.69 bits per heavy atom. The van der Waals surface area contributed by atoms with Crippen LogP contribution >= 0.6 is 11.8 Å². The Hall–Kier alpha value is -5.21. The molecule has 0 aromatic heterocycles. The Morgan fingerprint density at radius 1 is 0.968 bits per heavy atom. The Bertz CT molecular complexity index is 2420. The average Bonchev–Trinajstić information content (AvgIpc) is 3.74. The van der Waals surface area contributed by atoms with Crippen molar-refractivity contribution in [2.45, 2.75) is 107 Å². The number of rotatable bonds is 8. The Kier molecular flexibility index (Phi) is 11.0. The smallest absolute Gasteiger partial charge is 0.331 e. The van der Waals surface area contributed by atoms with Crippen LogP contribution < -0.4 is 33.7 Å². The van der Waals surface area contributed by atoms with E-state index in [2.05, 4.69) is 27.3 Å². The second-order valence-electron chi connectivity index (χ2n) is 16.9. The van der Waals surface area contributed by atoms with Crippen LogP contribution in [0.2, 0.25) is 0 Å². The lowest BCUT2D eigenvalue weighted by Gasteiger charge is -2.62. The van der Waals surface area contributed by atoms with Crippen molar-refractivity contribution in [2.75, 3.05) is 47.0 Å². The van der Waals surface area contributed by atoms with Gasteiger partial charge in [-0.05, 0) is 81.0 Å². The lowest BCUT2D eigenvalue weighted by Crippen LogP contribution is -2.69. The number of fused-ring (bicyclic) bond motifs is 9. The van der Waals surface area contributed by atoms with Gasteiger partial charge in [-0.1, -0.05) is 19.9 Å². The molecule has 2 N–H and O–H groups in total. The fourth-order valence-corrected chi connectivity index (χ4v) is 12.5. The molecule has 4 bridgehead atoms. The lowest BCUT2D eigenvalue weighted by atomic mass is 9.71. The highest BCUT2D eigenvalue weighted by Crippen LogP contribution is 2.65. The van der Waals surface area contributed by atoms with Crippen molar-refractivity contribution >= 4 is 29.7 Å². The van der Waals surface area contributed by atoms with Crippen LogP contribution in [0.4, 0.5) is 0 Å². The van der Waals surface area contributed by atoms with Crippen LogP contribution in [0.1, 0.15) is 101 Å². The molecule has 62 heavy (non-hydrogen) atoms. The maximum Gasteiger partial charge on any atom is 0.331 e. The predicted molar refractivity (Wildman–Crippen MR) is 226 cm³/mol. The SMILES string of the molecule is CCCC(=O)Oc1c(C)c2c(c3c1[C@H]1SC[C@]4(NCCc5cc(O)c(OC)cc54)C(=O)OC[C@@H]3N3C1[C@H]1c4c(cc(C)c(OC)c4OC(=O)CCC)C[C@@H]([C@@H]3C#N)N1C)OCO2. The highest BCUT2D eigenvalue weighted by atomic mass is 32.2. The Labute approximate surface area is 364 Å². The number of benzene rings is 3. The molecule has 0 amide bonds. The molecule has 7 aliphatic rings. The number of methoxy groups -OCH3 is 2. The van der Waals surface area contributed by atoms with Crippen LogP contribution in [0.15, 0.2) is 18.2 Å².